The lowest BCUT2D eigenvalue weighted by Gasteiger charge is -2.22. The van der Waals surface area contributed by atoms with Crippen LogP contribution in [0.25, 0.3) is 16.7 Å². The van der Waals surface area contributed by atoms with Crippen molar-refractivity contribution in [2.75, 3.05) is 0 Å². The van der Waals surface area contributed by atoms with Gasteiger partial charge in [0.25, 0.3) is 0 Å². The fourth-order valence-electron chi connectivity index (χ4n) is 2.90. The minimum Gasteiger partial charge on any atom is -0.444 e. The van der Waals surface area contributed by atoms with Crippen molar-refractivity contribution in [1.82, 2.24) is 14.9 Å². The summed E-state index contributed by atoms with van der Waals surface area (Å²) in [6.07, 6.45) is -0.763. The van der Waals surface area contributed by atoms with Gasteiger partial charge in [-0.15, -0.1) is 0 Å². The first-order valence-electron chi connectivity index (χ1n) is 8.78. The van der Waals surface area contributed by atoms with E-state index in [2.05, 4.69) is 10.3 Å². The molecule has 0 saturated heterocycles. The Kier molecular flexibility index (Phi) is 5.25. The van der Waals surface area contributed by atoms with Crippen molar-refractivity contribution in [3.63, 3.8) is 0 Å². The van der Waals surface area contributed by atoms with Gasteiger partial charge in [-0.05, 0) is 39.8 Å². The first kappa shape index (κ1) is 20.6. The molecule has 0 bridgehead atoms. The lowest BCUT2D eigenvalue weighted by atomic mass is 10.2. The van der Waals surface area contributed by atoms with Crippen LogP contribution in [0.2, 0.25) is 0 Å². The van der Waals surface area contributed by atoms with Crippen molar-refractivity contribution in [2.24, 2.45) is 0 Å². The number of nitrogens with zero attached hydrogens (tertiary/aromatic N) is 2. The summed E-state index contributed by atoms with van der Waals surface area (Å²) in [6.45, 7) is 6.58. The molecule has 2 aromatic carbocycles. The number of benzene rings is 2. The monoisotopic (exact) mass is 409 g/mol. The van der Waals surface area contributed by atoms with E-state index in [4.69, 9.17) is 4.74 Å². The van der Waals surface area contributed by atoms with E-state index < -0.39 is 41.0 Å². The number of aromatic nitrogens is 2. The molecule has 0 aliphatic rings. The summed E-state index contributed by atoms with van der Waals surface area (Å²) in [7, 11) is 0. The molecule has 1 atom stereocenters. The molecule has 3 rings (SSSR count). The van der Waals surface area contributed by atoms with E-state index in [1.54, 1.807) is 20.8 Å². The minimum absolute atomic E-state index is 0.0390. The topological polar surface area (TPSA) is 56.1 Å². The van der Waals surface area contributed by atoms with Gasteiger partial charge in [0.1, 0.15) is 34.4 Å². The van der Waals surface area contributed by atoms with Crippen LogP contribution in [0.5, 0.6) is 0 Å². The summed E-state index contributed by atoms with van der Waals surface area (Å²) < 4.78 is 62.1. The highest BCUT2D eigenvalue weighted by atomic mass is 19.1. The summed E-state index contributed by atoms with van der Waals surface area (Å²) >= 11 is 0. The molecular weight excluding hydrogens is 390 g/mol. The zero-order chi connectivity index (χ0) is 21.5. The smallest absolute Gasteiger partial charge is 0.408 e. The maximum Gasteiger partial charge on any atom is 0.408 e. The molecule has 9 heteroatoms. The Balaban J connectivity index is 2.16. The largest absolute Gasteiger partial charge is 0.444 e. The summed E-state index contributed by atoms with van der Waals surface area (Å²) in [6, 6.07) is 3.46. The molecular formula is C20H19F4N3O2. The number of fused-ring (bicyclic) bond motifs is 1. The summed E-state index contributed by atoms with van der Waals surface area (Å²) in [5.74, 6) is -3.54. The fourth-order valence-corrected chi connectivity index (χ4v) is 2.90. The van der Waals surface area contributed by atoms with Gasteiger partial charge < -0.3 is 10.1 Å². The van der Waals surface area contributed by atoms with Crippen LogP contribution in [-0.2, 0) is 4.74 Å². The summed E-state index contributed by atoms with van der Waals surface area (Å²) in [5.41, 5.74) is -1.04. The molecule has 1 heterocycles. The number of hydrogen-bond acceptors (Lipinski definition) is 3. The standard InChI is InChI=1S/C20H19F4N3O2/c1-10(25-19(28)29-20(2,3)4)18-26-17-15(24)8-13(23)9-16(17)27(18)14-6-11(21)5-12(22)7-14/h5-10H,1-4H3,(H,25,28). The number of halogens is 4. The molecule has 0 aliphatic heterocycles. The van der Waals surface area contributed by atoms with E-state index in [0.717, 1.165) is 18.2 Å². The van der Waals surface area contributed by atoms with Gasteiger partial charge in [-0.1, -0.05) is 0 Å². The van der Waals surface area contributed by atoms with Crippen LogP contribution in [0.4, 0.5) is 22.4 Å². The quantitative estimate of drug-likeness (QED) is 0.608. The third kappa shape index (κ3) is 4.49. The van der Waals surface area contributed by atoms with Crippen molar-refractivity contribution in [3.05, 3.63) is 59.4 Å². The van der Waals surface area contributed by atoms with Gasteiger partial charge in [0.05, 0.1) is 17.2 Å². The van der Waals surface area contributed by atoms with Crippen molar-refractivity contribution in [2.45, 2.75) is 39.3 Å². The third-order valence-electron chi connectivity index (χ3n) is 3.93. The molecule has 154 valence electrons. The van der Waals surface area contributed by atoms with E-state index in [1.807, 2.05) is 0 Å². The van der Waals surface area contributed by atoms with Crippen molar-refractivity contribution in [3.8, 4) is 5.69 Å². The number of ether oxygens (including phenoxy) is 1. The van der Waals surface area contributed by atoms with Gasteiger partial charge in [-0.2, -0.15) is 0 Å². The number of nitrogens with one attached hydrogen (secondary N) is 1. The molecule has 0 radical (unpaired) electrons. The van der Waals surface area contributed by atoms with Gasteiger partial charge in [-0.25, -0.2) is 27.3 Å². The molecule has 0 fully saturated rings. The zero-order valence-corrected chi connectivity index (χ0v) is 16.2. The predicted molar refractivity (Wildman–Crippen MR) is 98.7 cm³/mol. The fraction of sp³-hybridized carbons (Fsp3) is 0.300. The van der Waals surface area contributed by atoms with Gasteiger partial charge in [-0.3, -0.25) is 4.57 Å². The zero-order valence-electron chi connectivity index (χ0n) is 16.2. The van der Waals surface area contributed by atoms with Crippen LogP contribution in [0, 0.1) is 23.3 Å². The molecule has 1 aromatic heterocycles. The van der Waals surface area contributed by atoms with Crippen LogP contribution in [-0.4, -0.2) is 21.2 Å². The second-order valence-electron chi connectivity index (χ2n) is 7.56. The average molecular weight is 409 g/mol. The molecule has 1 unspecified atom stereocenters. The molecule has 29 heavy (non-hydrogen) atoms. The molecule has 0 spiro atoms. The van der Waals surface area contributed by atoms with E-state index in [-0.39, 0.29) is 22.5 Å². The maximum atomic E-state index is 14.3. The van der Waals surface area contributed by atoms with Crippen molar-refractivity contribution < 1.29 is 27.1 Å². The molecule has 0 saturated carbocycles. The Morgan fingerprint density at radius 1 is 1.03 bits per heavy atom. The molecule has 1 amide bonds. The average Bonchev–Trinajstić information content (AvgIpc) is 2.91. The van der Waals surface area contributed by atoms with Gasteiger partial charge in [0, 0.05) is 18.2 Å². The number of carbonyl (C=O) groups excluding carboxylic acids is 1. The van der Waals surface area contributed by atoms with Crippen LogP contribution in [0.15, 0.2) is 30.3 Å². The second kappa shape index (κ2) is 7.38. The summed E-state index contributed by atoms with van der Waals surface area (Å²) in [4.78, 5) is 16.3. The number of amides is 1. The highest BCUT2D eigenvalue weighted by molar-refractivity contribution is 5.79. The lowest BCUT2D eigenvalue weighted by molar-refractivity contribution is 0.0505. The number of hydrogen-bond donors (Lipinski definition) is 1. The van der Waals surface area contributed by atoms with Crippen molar-refractivity contribution in [1.29, 1.82) is 0 Å². The highest BCUT2D eigenvalue weighted by Crippen LogP contribution is 2.29. The predicted octanol–water partition coefficient (Wildman–Crippen LogP) is 5.17. The van der Waals surface area contributed by atoms with E-state index >= 15 is 0 Å². The minimum atomic E-state index is -0.943. The molecule has 1 N–H and O–H groups in total. The van der Waals surface area contributed by atoms with E-state index in [1.165, 1.54) is 11.5 Å². The Labute approximate surface area is 164 Å². The van der Waals surface area contributed by atoms with Crippen molar-refractivity contribution >= 4 is 17.1 Å². The van der Waals surface area contributed by atoms with Crippen LogP contribution in [0.3, 0.4) is 0 Å². The number of carbonyl (C=O) groups is 1. The van der Waals surface area contributed by atoms with Crippen LogP contribution >= 0.6 is 0 Å². The molecule has 5 nitrogen and oxygen atoms in total. The van der Waals surface area contributed by atoms with Gasteiger partial charge in [0.2, 0.25) is 0 Å². The Morgan fingerprint density at radius 3 is 2.21 bits per heavy atom. The van der Waals surface area contributed by atoms with Gasteiger partial charge in [0.15, 0.2) is 5.82 Å². The highest BCUT2D eigenvalue weighted by Gasteiger charge is 2.24. The Hall–Kier alpha value is -3.10. The normalized spacial score (nSPS) is 12.8. The molecule has 0 aliphatic carbocycles. The number of rotatable bonds is 3. The SMILES string of the molecule is CC(NC(=O)OC(C)(C)C)c1nc2c(F)cc(F)cc2n1-c1cc(F)cc(F)c1. The van der Waals surface area contributed by atoms with Crippen LogP contribution in [0.1, 0.15) is 39.6 Å². The lowest BCUT2D eigenvalue weighted by Crippen LogP contribution is -2.34. The molecule has 3 aromatic rings. The van der Waals surface area contributed by atoms with E-state index in [0.29, 0.717) is 12.1 Å². The maximum absolute atomic E-state index is 14.3. The van der Waals surface area contributed by atoms with Crippen LogP contribution < -0.4 is 5.32 Å². The second-order valence-corrected chi connectivity index (χ2v) is 7.56. The number of alkyl carbamates (subject to hydrolysis) is 1. The van der Waals surface area contributed by atoms with E-state index in [9.17, 15) is 22.4 Å². The van der Waals surface area contributed by atoms with Gasteiger partial charge >= 0.3 is 6.09 Å². The third-order valence-corrected chi connectivity index (χ3v) is 3.93. The Morgan fingerprint density at radius 2 is 1.62 bits per heavy atom. The Bertz CT molecular complexity index is 1070. The summed E-state index contributed by atoms with van der Waals surface area (Å²) in [5, 5.41) is 2.54. The first-order chi connectivity index (χ1) is 13.4. The first-order valence-corrected chi connectivity index (χ1v) is 8.78. The number of imidazole rings is 1.